The van der Waals surface area contributed by atoms with E-state index in [2.05, 4.69) is 14.5 Å². The van der Waals surface area contributed by atoms with Crippen molar-refractivity contribution in [3.8, 4) is 11.9 Å². The lowest BCUT2D eigenvalue weighted by Crippen LogP contribution is -2.35. The van der Waals surface area contributed by atoms with Gasteiger partial charge in [-0.1, -0.05) is 12.1 Å². The molecule has 0 radical (unpaired) electrons. The monoisotopic (exact) mass is 575 g/mol. The number of methoxy groups -OCH3 is 1. The van der Waals surface area contributed by atoms with Crippen LogP contribution in [0.15, 0.2) is 42.6 Å². The summed E-state index contributed by atoms with van der Waals surface area (Å²) in [4.78, 5) is 25.2. The van der Waals surface area contributed by atoms with Crippen LogP contribution in [0, 0.1) is 17.1 Å². The molecule has 41 heavy (non-hydrogen) atoms. The van der Waals surface area contributed by atoms with E-state index in [4.69, 9.17) is 24.5 Å². The summed E-state index contributed by atoms with van der Waals surface area (Å²) in [5.74, 6) is 0.969. The molecular formula is C30H30FN5O4S. The summed E-state index contributed by atoms with van der Waals surface area (Å²) in [6.45, 7) is 4.03. The molecule has 4 aromatic rings. The van der Waals surface area contributed by atoms with E-state index >= 15 is 0 Å². The van der Waals surface area contributed by atoms with Crippen LogP contribution >= 0.6 is 11.3 Å². The zero-order chi connectivity index (χ0) is 28.3. The number of benzene rings is 1. The van der Waals surface area contributed by atoms with E-state index in [-0.39, 0.29) is 30.2 Å². The molecule has 0 N–H and O–H groups in total. The molecule has 9 nitrogen and oxygen atoms in total. The predicted octanol–water partition coefficient (Wildman–Crippen LogP) is 5.04. The first kappa shape index (κ1) is 27.3. The summed E-state index contributed by atoms with van der Waals surface area (Å²) >= 11 is 1.36. The van der Waals surface area contributed by atoms with Gasteiger partial charge in [0.15, 0.2) is 0 Å². The van der Waals surface area contributed by atoms with Gasteiger partial charge in [0.2, 0.25) is 5.88 Å². The van der Waals surface area contributed by atoms with Gasteiger partial charge in [-0.2, -0.15) is 5.26 Å². The largest absolute Gasteiger partial charge is 0.472 e. The lowest BCUT2D eigenvalue weighted by Gasteiger charge is -2.33. The van der Waals surface area contributed by atoms with Gasteiger partial charge in [-0.25, -0.2) is 19.2 Å². The number of likely N-dealkylation sites (tertiary alicyclic amines) is 1. The van der Waals surface area contributed by atoms with Crippen LogP contribution in [0.2, 0.25) is 0 Å². The van der Waals surface area contributed by atoms with E-state index in [1.807, 2.05) is 24.3 Å². The first-order valence-electron chi connectivity index (χ1n) is 13.7. The van der Waals surface area contributed by atoms with Gasteiger partial charge in [0.1, 0.15) is 28.0 Å². The van der Waals surface area contributed by atoms with Crippen molar-refractivity contribution in [1.29, 1.82) is 5.26 Å². The van der Waals surface area contributed by atoms with Crippen molar-refractivity contribution in [3.63, 3.8) is 0 Å². The number of thiophene rings is 1. The number of imidazole rings is 1. The number of halogens is 1. The van der Waals surface area contributed by atoms with E-state index in [1.54, 1.807) is 18.3 Å². The molecule has 3 aromatic heterocycles. The van der Waals surface area contributed by atoms with Crippen molar-refractivity contribution in [2.24, 2.45) is 0 Å². The Morgan fingerprint density at radius 2 is 2.07 bits per heavy atom. The quantitative estimate of drug-likeness (QED) is 0.256. The minimum absolute atomic E-state index is 0.0442. The highest BCUT2D eigenvalue weighted by Gasteiger charge is 2.28. The van der Waals surface area contributed by atoms with Crippen molar-refractivity contribution in [2.75, 3.05) is 26.8 Å². The number of fused-ring (bicyclic) bond motifs is 1. The maximum atomic E-state index is 14.4. The molecule has 0 amide bonds. The highest BCUT2D eigenvalue weighted by atomic mass is 32.1. The standard InChI is InChI=1S/C30H30FN5O4S/c1-38-30(37)26-14-25-29(41-26)34-27(36(25)16-22-8-12-39-22)17-35-10-6-20(7-11-35)23-3-2-9-33-28(23)40-18-21-5-4-19(15-32)13-24(21)31/h2-5,9,13-14,20,22H,6-8,10-12,16-18H2,1H3. The van der Waals surface area contributed by atoms with E-state index in [0.717, 1.165) is 67.2 Å². The Kier molecular flexibility index (Phi) is 7.96. The second kappa shape index (κ2) is 11.9. The van der Waals surface area contributed by atoms with Gasteiger partial charge in [0.25, 0.3) is 0 Å². The van der Waals surface area contributed by atoms with Gasteiger partial charge < -0.3 is 18.8 Å². The van der Waals surface area contributed by atoms with Gasteiger partial charge in [-0.15, -0.1) is 11.3 Å². The Morgan fingerprint density at radius 1 is 1.24 bits per heavy atom. The number of hydrogen-bond donors (Lipinski definition) is 0. The SMILES string of the molecule is COC(=O)c1cc2c(nc(CN3CCC(c4cccnc4OCc4ccc(C#N)cc4F)CC3)n2CC2CCO2)s1. The van der Waals surface area contributed by atoms with Crippen molar-refractivity contribution in [1.82, 2.24) is 19.4 Å². The van der Waals surface area contributed by atoms with E-state index in [9.17, 15) is 9.18 Å². The molecule has 2 fully saturated rings. The van der Waals surface area contributed by atoms with E-state index in [1.165, 1.54) is 24.5 Å². The van der Waals surface area contributed by atoms with Crippen LogP contribution in [0.25, 0.3) is 10.3 Å². The molecule has 11 heteroatoms. The summed E-state index contributed by atoms with van der Waals surface area (Å²) in [5.41, 5.74) is 2.64. The minimum Gasteiger partial charge on any atom is -0.472 e. The van der Waals surface area contributed by atoms with Gasteiger partial charge in [0.05, 0.1) is 43.5 Å². The van der Waals surface area contributed by atoms with Gasteiger partial charge in [-0.3, -0.25) is 4.90 Å². The molecule has 1 atom stereocenters. The molecule has 2 saturated heterocycles. The Morgan fingerprint density at radius 3 is 2.78 bits per heavy atom. The maximum Gasteiger partial charge on any atom is 0.348 e. The van der Waals surface area contributed by atoms with Crippen LogP contribution in [-0.4, -0.2) is 58.3 Å². The Labute approximate surface area is 241 Å². The third kappa shape index (κ3) is 5.81. The fourth-order valence-electron chi connectivity index (χ4n) is 5.44. The molecule has 0 bridgehead atoms. The number of ether oxygens (including phenoxy) is 3. The molecule has 212 valence electrons. The summed E-state index contributed by atoms with van der Waals surface area (Å²) < 4.78 is 33.2. The molecule has 0 aliphatic carbocycles. The average molecular weight is 576 g/mol. The normalized spacial score (nSPS) is 17.7. The van der Waals surface area contributed by atoms with Crippen molar-refractivity contribution in [3.05, 3.63) is 75.8 Å². The summed E-state index contributed by atoms with van der Waals surface area (Å²) in [6, 6.07) is 12.2. The summed E-state index contributed by atoms with van der Waals surface area (Å²) in [7, 11) is 1.39. The molecule has 2 aliphatic rings. The van der Waals surface area contributed by atoms with Crippen molar-refractivity contribution in [2.45, 2.75) is 51.0 Å². The van der Waals surface area contributed by atoms with Crippen LogP contribution in [-0.2, 0) is 29.2 Å². The molecule has 2 aliphatic heterocycles. The Bertz CT molecular complexity index is 1600. The van der Waals surface area contributed by atoms with Crippen LogP contribution in [0.1, 0.15) is 57.4 Å². The number of nitrogens with zero attached hydrogens (tertiary/aromatic N) is 5. The number of nitriles is 1. The summed E-state index contributed by atoms with van der Waals surface area (Å²) in [5, 5.41) is 8.98. The molecule has 1 aromatic carbocycles. The molecule has 5 heterocycles. The van der Waals surface area contributed by atoms with Crippen LogP contribution in [0.5, 0.6) is 5.88 Å². The van der Waals surface area contributed by atoms with Gasteiger partial charge in [-0.05, 0) is 62.5 Å². The van der Waals surface area contributed by atoms with Gasteiger partial charge >= 0.3 is 5.97 Å². The number of piperidine rings is 1. The molecule has 1 unspecified atom stereocenters. The average Bonchev–Trinajstić information content (AvgIpc) is 3.52. The number of aromatic nitrogens is 3. The third-order valence-corrected chi connectivity index (χ3v) is 8.83. The lowest BCUT2D eigenvalue weighted by molar-refractivity contribution is -0.0592. The van der Waals surface area contributed by atoms with Crippen molar-refractivity contribution >= 4 is 27.7 Å². The first-order valence-corrected chi connectivity index (χ1v) is 14.5. The number of carbonyl (C=O) groups excluding carboxylic acids is 1. The van der Waals surface area contributed by atoms with Crippen molar-refractivity contribution < 1.29 is 23.4 Å². The highest BCUT2D eigenvalue weighted by Crippen LogP contribution is 2.35. The number of carbonyl (C=O) groups is 1. The van der Waals surface area contributed by atoms with E-state index < -0.39 is 5.82 Å². The molecule has 0 saturated carbocycles. The number of pyridine rings is 1. The zero-order valence-corrected chi connectivity index (χ0v) is 23.5. The number of hydrogen-bond acceptors (Lipinski definition) is 9. The maximum absolute atomic E-state index is 14.4. The smallest absolute Gasteiger partial charge is 0.348 e. The third-order valence-electron chi connectivity index (χ3n) is 7.83. The fraction of sp³-hybridized carbons (Fsp3) is 0.400. The predicted molar refractivity (Wildman–Crippen MR) is 150 cm³/mol. The van der Waals surface area contributed by atoms with Crippen LogP contribution in [0.4, 0.5) is 4.39 Å². The number of esters is 1. The Balaban J connectivity index is 1.12. The minimum atomic E-state index is -0.460. The Hall–Kier alpha value is -3.85. The molecule has 6 rings (SSSR count). The highest BCUT2D eigenvalue weighted by molar-refractivity contribution is 7.20. The van der Waals surface area contributed by atoms with Crippen LogP contribution in [0.3, 0.4) is 0 Å². The second-order valence-electron chi connectivity index (χ2n) is 10.4. The molecular weight excluding hydrogens is 545 g/mol. The summed E-state index contributed by atoms with van der Waals surface area (Å²) in [6.07, 6.45) is 4.74. The van der Waals surface area contributed by atoms with Gasteiger partial charge in [0, 0.05) is 23.9 Å². The van der Waals surface area contributed by atoms with E-state index in [0.29, 0.717) is 22.9 Å². The zero-order valence-electron chi connectivity index (χ0n) is 22.7. The second-order valence-corrected chi connectivity index (χ2v) is 11.4. The van der Waals surface area contributed by atoms with Crippen LogP contribution < -0.4 is 4.74 Å². The number of rotatable bonds is 9. The topological polar surface area (TPSA) is 103 Å². The fourth-order valence-corrected chi connectivity index (χ4v) is 6.41. The first-order chi connectivity index (χ1) is 20.0. The molecule has 0 spiro atoms. The lowest BCUT2D eigenvalue weighted by atomic mass is 9.90.